The van der Waals surface area contributed by atoms with Gasteiger partial charge in [0.05, 0.1) is 0 Å². The van der Waals surface area contributed by atoms with Crippen LogP contribution in [0, 0.1) is 11.8 Å². The lowest BCUT2D eigenvalue weighted by atomic mass is 10.2. The Kier molecular flexibility index (Phi) is 2.90. The van der Waals surface area contributed by atoms with Gasteiger partial charge in [0.2, 0.25) is 0 Å². The molecule has 2 nitrogen and oxygen atoms in total. The summed E-state index contributed by atoms with van der Waals surface area (Å²) in [6.45, 7) is 4.60. The second-order valence-electron chi connectivity index (χ2n) is 3.81. The van der Waals surface area contributed by atoms with Crippen LogP contribution in [0.25, 0.3) is 0 Å². The summed E-state index contributed by atoms with van der Waals surface area (Å²) in [5.74, 6) is 6.15. The summed E-state index contributed by atoms with van der Waals surface area (Å²) in [5, 5.41) is 0. The van der Waals surface area contributed by atoms with E-state index in [0.717, 1.165) is 32.6 Å². The van der Waals surface area contributed by atoms with Crippen LogP contribution in [0.1, 0.15) is 6.42 Å². The van der Waals surface area contributed by atoms with Crippen molar-refractivity contribution in [2.24, 2.45) is 0 Å². The van der Waals surface area contributed by atoms with Crippen molar-refractivity contribution >= 4 is 0 Å². The molecule has 0 radical (unpaired) electrons. The molecule has 0 atom stereocenters. The van der Waals surface area contributed by atoms with Crippen LogP contribution in [0.2, 0.25) is 0 Å². The van der Waals surface area contributed by atoms with Crippen molar-refractivity contribution in [3.63, 3.8) is 0 Å². The number of hydrogen-bond acceptors (Lipinski definition) is 2. The molecule has 14 heavy (non-hydrogen) atoms. The highest BCUT2D eigenvalue weighted by atomic mass is 15.2. The molecule has 1 saturated heterocycles. The van der Waals surface area contributed by atoms with Gasteiger partial charge in [0, 0.05) is 38.3 Å². The molecule has 0 unspecified atom stereocenters. The van der Waals surface area contributed by atoms with E-state index in [9.17, 15) is 0 Å². The molecule has 0 N–H and O–H groups in total. The monoisotopic (exact) mass is 188 g/mol. The summed E-state index contributed by atoms with van der Waals surface area (Å²) in [7, 11) is 2.18. The largest absolute Gasteiger partial charge is 0.371 e. The maximum Gasteiger partial charge on any atom is 0.0493 e. The van der Waals surface area contributed by atoms with Gasteiger partial charge in [-0.15, -0.1) is 0 Å². The number of hydrogen-bond donors (Lipinski definition) is 0. The molecule has 2 rings (SSSR count). The number of piperazine rings is 1. The van der Waals surface area contributed by atoms with Gasteiger partial charge >= 0.3 is 0 Å². The summed E-state index contributed by atoms with van der Waals surface area (Å²) in [6, 6.07) is 0. The van der Waals surface area contributed by atoms with Crippen molar-refractivity contribution < 1.29 is 0 Å². The van der Waals surface area contributed by atoms with E-state index in [1.54, 1.807) is 0 Å². The van der Waals surface area contributed by atoms with Crippen molar-refractivity contribution in [1.82, 2.24) is 9.80 Å². The van der Waals surface area contributed by atoms with Crippen LogP contribution >= 0.6 is 0 Å². The molecule has 74 valence electrons. The Labute approximate surface area is 85.9 Å². The lowest BCUT2D eigenvalue weighted by Gasteiger charge is -2.35. The second-order valence-corrected chi connectivity index (χ2v) is 3.81. The van der Waals surface area contributed by atoms with Gasteiger partial charge in [0.1, 0.15) is 0 Å². The molecule has 0 aromatic heterocycles. The highest BCUT2D eigenvalue weighted by Crippen LogP contribution is 2.12. The summed E-state index contributed by atoms with van der Waals surface area (Å²) in [6.07, 6.45) is 7.05. The first-order valence-electron chi connectivity index (χ1n) is 5.14. The minimum atomic E-state index is 0.900. The van der Waals surface area contributed by atoms with Crippen LogP contribution in [0.5, 0.6) is 0 Å². The topological polar surface area (TPSA) is 6.48 Å². The molecule has 0 aromatic rings. The predicted octanol–water partition coefficient (Wildman–Crippen LogP) is 1.08. The predicted molar refractivity (Wildman–Crippen MR) is 58.7 cm³/mol. The number of nitrogens with zero attached hydrogens (tertiary/aromatic N) is 2. The lowest BCUT2D eigenvalue weighted by Crippen LogP contribution is -2.43. The van der Waals surface area contributed by atoms with E-state index in [1.807, 2.05) is 12.2 Å². The molecule has 1 heterocycles. The first-order chi connectivity index (χ1) is 6.86. The molecule has 0 aromatic carbocycles. The van der Waals surface area contributed by atoms with Crippen LogP contribution in [0.3, 0.4) is 0 Å². The van der Waals surface area contributed by atoms with Gasteiger partial charge in [-0.05, 0) is 19.2 Å². The van der Waals surface area contributed by atoms with E-state index in [0.29, 0.717) is 0 Å². The second kappa shape index (κ2) is 4.34. The maximum absolute atomic E-state index is 3.15. The Morgan fingerprint density at radius 2 is 2.00 bits per heavy atom. The van der Waals surface area contributed by atoms with Gasteiger partial charge in [-0.2, -0.15) is 0 Å². The minimum Gasteiger partial charge on any atom is -0.371 e. The minimum absolute atomic E-state index is 0.900. The van der Waals surface area contributed by atoms with E-state index in [-0.39, 0.29) is 0 Å². The van der Waals surface area contributed by atoms with E-state index in [4.69, 9.17) is 0 Å². The number of rotatable bonds is 1. The third-order valence-electron chi connectivity index (χ3n) is 2.75. The van der Waals surface area contributed by atoms with E-state index in [2.05, 4.69) is 34.8 Å². The van der Waals surface area contributed by atoms with Gasteiger partial charge in [-0.1, -0.05) is 17.9 Å². The summed E-state index contributed by atoms with van der Waals surface area (Å²) >= 11 is 0. The van der Waals surface area contributed by atoms with Gasteiger partial charge < -0.3 is 9.80 Å². The summed E-state index contributed by atoms with van der Waals surface area (Å²) in [4.78, 5) is 4.82. The van der Waals surface area contributed by atoms with Crippen molar-refractivity contribution in [2.75, 3.05) is 33.2 Å². The normalized spacial score (nSPS) is 22.4. The number of likely N-dealkylation sites (N-methyl/N-ethyl adjacent to an activating group) is 1. The fourth-order valence-corrected chi connectivity index (χ4v) is 1.78. The van der Waals surface area contributed by atoms with Crippen LogP contribution in [0.15, 0.2) is 23.9 Å². The molecule has 0 saturated carbocycles. The molecule has 2 aliphatic rings. The molecule has 1 aliphatic heterocycles. The molecular weight excluding hydrogens is 172 g/mol. The maximum atomic E-state index is 3.15. The first-order valence-corrected chi connectivity index (χ1v) is 5.14. The summed E-state index contributed by atoms with van der Waals surface area (Å²) in [5.41, 5.74) is 1.37. The lowest BCUT2D eigenvalue weighted by molar-refractivity contribution is 0.184. The Morgan fingerprint density at radius 1 is 1.21 bits per heavy atom. The average molecular weight is 188 g/mol. The Bertz CT molecular complexity index is 309. The van der Waals surface area contributed by atoms with Crippen LogP contribution in [-0.2, 0) is 0 Å². The van der Waals surface area contributed by atoms with Crippen molar-refractivity contribution in [3.05, 3.63) is 23.9 Å². The molecular formula is C12H16N2. The zero-order valence-corrected chi connectivity index (χ0v) is 8.66. The molecule has 2 heteroatoms. The van der Waals surface area contributed by atoms with Crippen LogP contribution in [-0.4, -0.2) is 43.0 Å². The standard InChI is InChI=1S/C12H16N2/c1-13-8-10-14(11-9-13)12-6-4-2-3-5-7-12/h2,4,6H,7-11H2,1H3. The highest BCUT2D eigenvalue weighted by molar-refractivity contribution is 5.29. The molecule has 0 amide bonds. The van der Waals surface area contributed by atoms with E-state index in [1.165, 1.54) is 5.70 Å². The van der Waals surface area contributed by atoms with Gasteiger partial charge in [0.15, 0.2) is 0 Å². The van der Waals surface area contributed by atoms with Crippen LogP contribution in [0.4, 0.5) is 0 Å². The zero-order chi connectivity index (χ0) is 9.80. The van der Waals surface area contributed by atoms with Crippen molar-refractivity contribution in [3.8, 4) is 11.8 Å². The van der Waals surface area contributed by atoms with Crippen molar-refractivity contribution in [1.29, 1.82) is 0 Å². The zero-order valence-electron chi connectivity index (χ0n) is 8.66. The Balaban J connectivity index is 1.99. The Morgan fingerprint density at radius 3 is 2.79 bits per heavy atom. The first kappa shape index (κ1) is 9.36. The van der Waals surface area contributed by atoms with E-state index >= 15 is 0 Å². The Hall–Kier alpha value is -1.20. The number of allylic oxidation sites excluding steroid dienone is 4. The molecule has 1 aliphatic carbocycles. The third kappa shape index (κ3) is 2.18. The highest BCUT2D eigenvalue weighted by Gasteiger charge is 2.15. The van der Waals surface area contributed by atoms with Gasteiger partial charge in [-0.3, -0.25) is 0 Å². The quantitative estimate of drug-likeness (QED) is 0.568. The molecule has 1 fully saturated rings. The van der Waals surface area contributed by atoms with E-state index < -0.39 is 0 Å². The van der Waals surface area contributed by atoms with Gasteiger partial charge in [-0.25, -0.2) is 0 Å². The SMILES string of the molecule is CN1CCN(C2=CC=CC#CC2)CC1. The smallest absolute Gasteiger partial charge is 0.0493 e. The average Bonchev–Trinajstić information content (AvgIpc) is 2.47. The fraction of sp³-hybridized carbons (Fsp3) is 0.500. The van der Waals surface area contributed by atoms with Crippen LogP contribution < -0.4 is 0 Å². The van der Waals surface area contributed by atoms with Gasteiger partial charge in [0.25, 0.3) is 0 Å². The molecule has 0 spiro atoms. The summed E-state index contributed by atoms with van der Waals surface area (Å²) < 4.78 is 0. The van der Waals surface area contributed by atoms with Crippen molar-refractivity contribution in [2.45, 2.75) is 6.42 Å². The third-order valence-corrected chi connectivity index (χ3v) is 2.75. The fourth-order valence-electron chi connectivity index (χ4n) is 1.78. The molecule has 0 bridgehead atoms.